The van der Waals surface area contributed by atoms with Gasteiger partial charge in [-0.05, 0) is 23.8 Å². The number of amides is 1. The Bertz CT molecular complexity index is 1280. The minimum absolute atomic E-state index is 0.121. The molecule has 3 aliphatic heterocycles. The smallest absolute Gasteiger partial charge is 0.274 e. The quantitative estimate of drug-likeness (QED) is 0.557. The lowest BCUT2D eigenvalue weighted by Crippen LogP contribution is -2.41. The van der Waals surface area contributed by atoms with Gasteiger partial charge in [0.1, 0.15) is 0 Å². The van der Waals surface area contributed by atoms with Crippen molar-refractivity contribution in [2.45, 2.75) is 17.2 Å². The van der Waals surface area contributed by atoms with Gasteiger partial charge in [-0.25, -0.2) is 4.68 Å². The minimum Gasteiger partial charge on any atom is -0.379 e. The molecule has 6 rings (SSSR count). The maximum atomic E-state index is 13.5. The van der Waals surface area contributed by atoms with E-state index < -0.39 is 10.8 Å². The van der Waals surface area contributed by atoms with Crippen LogP contribution in [0.3, 0.4) is 0 Å². The Labute approximate surface area is 206 Å². The fourth-order valence-electron chi connectivity index (χ4n) is 5.01. The molecule has 0 spiro atoms. The van der Waals surface area contributed by atoms with Crippen LogP contribution >= 0.6 is 0 Å². The molecule has 1 unspecified atom stereocenters. The Morgan fingerprint density at radius 3 is 2.49 bits per heavy atom. The number of ether oxygens (including phenoxy) is 2. The lowest BCUT2D eigenvalue weighted by Gasteiger charge is -2.26. The number of benzene rings is 2. The standard InChI is InChI=1S/C26H28N4O4S/c31-26(29-10-14-34-15-11-29)24-22-18-35(32)23-7-2-1-6-21(23)25(22)30(27-24)20-5-3-4-19(16-20)17-28-8-12-33-13-9-28/h1-7,16H,8-15,17-18H2. The zero-order valence-corrected chi connectivity index (χ0v) is 20.3. The van der Waals surface area contributed by atoms with Gasteiger partial charge in [0.15, 0.2) is 5.69 Å². The van der Waals surface area contributed by atoms with E-state index in [4.69, 9.17) is 14.6 Å². The van der Waals surface area contributed by atoms with Crippen LogP contribution in [-0.2, 0) is 32.6 Å². The average Bonchev–Trinajstić information content (AvgIpc) is 3.29. The van der Waals surface area contributed by atoms with E-state index >= 15 is 0 Å². The molecule has 8 nitrogen and oxygen atoms in total. The highest BCUT2D eigenvalue weighted by Crippen LogP contribution is 2.39. The molecule has 4 heterocycles. The second-order valence-corrected chi connectivity index (χ2v) is 10.5. The molecule has 3 aliphatic rings. The molecular formula is C26H28N4O4S. The van der Waals surface area contributed by atoms with Crippen LogP contribution in [0.25, 0.3) is 16.9 Å². The lowest BCUT2D eigenvalue weighted by molar-refractivity contribution is 0.0298. The van der Waals surface area contributed by atoms with Crippen molar-refractivity contribution in [3.05, 3.63) is 65.4 Å². The van der Waals surface area contributed by atoms with Crippen LogP contribution in [0.4, 0.5) is 0 Å². The molecule has 1 amide bonds. The normalized spacial score (nSPS) is 20.3. The van der Waals surface area contributed by atoms with Crippen LogP contribution in [-0.4, -0.2) is 82.3 Å². The predicted molar refractivity (Wildman–Crippen MR) is 132 cm³/mol. The number of carbonyl (C=O) groups is 1. The molecule has 1 atom stereocenters. The van der Waals surface area contributed by atoms with Crippen LogP contribution in [0.1, 0.15) is 21.6 Å². The van der Waals surface area contributed by atoms with Crippen molar-refractivity contribution in [3.63, 3.8) is 0 Å². The second-order valence-electron chi connectivity index (χ2n) is 9.04. The molecule has 0 radical (unpaired) electrons. The number of rotatable bonds is 4. The summed E-state index contributed by atoms with van der Waals surface area (Å²) in [5.74, 6) is 0.162. The SMILES string of the molecule is O=C(c1nn(-c2cccc(CN3CCOCC3)c2)c2c1CS(=O)c1ccccc1-2)N1CCOCC1. The summed E-state index contributed by atoms with van der Waals surface area (Å²) in [4.78, 5) is 18.5. The van der Waals surface area contributed by atoms with Gasteiger partial charge in [0.25, 0.3) is 5.91 Å². The Hall–Kier alpha value is -2.85. The summed E-state index contributed by atoms with van der Waals surface area (Å²) in [7, 11) is -1.23. The van der Waals surface area contributed by atoms with Gasteiger partial charge in [-0.2, -0.15) is 5.10 Å². The first-order valence-electron chi connectivity index (χ1n) is 12.0. The van der Waals surface area contributed by atoms with Gasteiger partial charge < -0.3 is 14.4 Å². The van der Waals surface area contributed by atoms with Gasteiger partial charge >= 0.3 is 0 Å². The van der Waals surface area contributed by atoms with Gasteiger partial charge in [0.05, 0.1) is 54.4 Å². The first kappa shape index (κ1) is 22.6. The minimum atomic E-state index is -1.23. The molecule has 0 aliphatic carbocycles. The van der Waals surface area contributed by atoms with Gasteiger partial charge in [-0.15, -0.1) is 0 Å². The Morgan fingerprint density at radius 2 is 1.69 bits per heavy atom. The van der Waals surface area contributed by atoms with Crippen LogP contribution < -0.4 is 0 Å². The zero-order valence-electron chi connectivity index (χ0n) is 19.5. The van der Waals surface area contributed by atoms with Crippen molar-refractivity contribution >= 4 is 16.7 Å². The van der Waals surface area contributed by atoms with Crippen LogP contribution in [0, 0.1) is 0 Å². The number of morpholine rings is 2. The molecule has 1 aromatic heterocycles. The van der Waals surface area contributed by atoms with Crippen molar-refractivity contribution in [1.29, 1.82) is 0 Å². The molecule has 0 saturated carbocycles. The number of hydrogen-bond donors (Lipinski definition) is 0. The van der Waals surface area contributed by atoms with Gasteiger partial charge in [0, 0.05) is 48.7 Å². The Morgan fingerprint density at radius 1 is 0.943 bits per heavy atom. The molecule has 9 heteroatoms. The van der Waals surface area contributed by atoms with E-state index in [0.717, 1.165) is 60.3 Å². The molecule has 182 valence electrons. The summed E-state index contributed by atoms with van der Waals surface area (Å²) < 4.78 is 25.9. The van der Waals surface area contributed by atoms with E-state index in [9.17, 15) is 9.00 Å². The summed E-state index contributed by atoms with van der Waals surface area (Å²) in [5, 5.41) is 4.88. The van der Waals surface area contributed by atoms with Crippen molar-refractivity contribution < 1.29 is 18.5 Å². The van der Waals surface area contributed by atoms with E-state index in [1.165, 1.54) is 5.56 Å². The topological polar surface area (TPSA) is 76.9 Å². The van der Waals surface area contributed by atoms with Crippen molar-refractivity contribution in [2.75, 3.05) is 52.6 Å². The molecule has 2 saturated heterocycles. The van der Waals surface area contributed by atoms with Crippen molar-refractivity contribution in [1.82, 2.24) is 19.6 Å². The zero-order chi connectivity index (χ0) is 23.8. The summed E-state index contributed by atoms with van der Waals surface area (Å²) in [6.45, 7) is 6.29. The monoisotopic (exact) mass is 492 g/mol. The highest BCUT2D eigenvalue weighted by molar-refractivity contribution is 7.84. The Balaban J connectivity index is 1.44. The van der Waals surface area contributed by atoms with Crippen LogP contribution in [0.15, 0.2) is 53.4 Å². The van der Waals surface area contributed by atoms with Crippen molar-refractivity contribution in [3.8, 4) is 16.9 Å². The fraction of sp³-hybridized carbons (Fsp3) is 0.385. The molecule has 35 heavy (non-hydrogen) atoms. The van der Waals surface area contributed by atoms with E-state index in [1.807, 2.05) is 41.1 Å². The summed E-state index contributed by atoms with van der Waals surface area (Å²) in [5.41, 5.74) is 4.97. The van der Waals surface area contributed by atoms with Gasteiger partial charge in [-0.3, -0.25) is 13.9 Å². The molecular weight excluding hydrogens is 464 g/mol. The number of nitrogens with zero attached hydrogens (tertiary/aromatic N) is 4. The molecule has 0 N–H and O–H groups in total. The number of aromatic nitrogens is 2. The van der Waals surface area contributed by atoms with E-state index in [0.29, 0.717) is 32.0 Å². The van der Waals surface area contributed by atoms with Gasteiger partial charge in [0.2, 0.25) is 0 Å². The first-order chi connectivity index (χ1) is 17.2. The van der Waals surface area contributed by atoms with E-state index in [2.05, 4.69) is 17.0 Å². The van der Waals surface area contributed by atoms with Crippen LogP contribution in [0.2, 0.25) is 0 Å². The van der Waals surface area contributed by atoms with Gasteiger partial charge in [-0.1, -0.05) is 30.3 Å². The predicted octanol–water partition coefficient (Wildman–Crippen LogP) is 2.47. The largest absolute Gasteiger partial charge is 0.379 e. The third-order valence-electron chi connectivity index (χ3n) is 6.81. The number of fused-ring (bicyclic) bond motifs is 3. The maximum Gasteiger partial charge on any atom is 0.274 e. The highest BCUT2D eigenvalue weighted by Gasteiger charge is 2.34. The third kappa shape index (κ3) is 4.33. The number of hydrogen-bond acceptors (Lipinski definition) is 6. The summed E-state index contributed by atoms with van der Waals surface area (Å²) in [6.07, 6.45) is 0. The van der Waals surface area contributed by atoms with Crippen LogP contribution in [0.5, 0.6) is 0 Å². The molecule has 0 bridgehead atoms. The summed E-state index contributed by atoms with van der Waals surface area (Å²) in [6, 6.07) is 16.1. The summed E-state index contributed by atoms with van der Waals surface area (Å²) >= 11 is 0. The average molecular weight is 493 g/mol. The molecule has 3 aromatic rings. The first-order valence-corrected chi connectivity index (χ1v) is 13.4. The second kappa shape index (κ2) is 9.66. The van der Waals surface area contributed by atoms with E-state index in [-0.39, 0.29) is 11.7 Å². The van der Waals surface area contributed by atoms with E-state index in [1.54, 1.807) is 4.90 Å². The Kier molecular flexibility index (Phi) is 6.24. The molecule has 2 aromatic carbocycles. The lowest BCUT2D eigenvalue weighted by atomic mass is 10.0. The third-order valence-corrected chi connectivity index (χ3v) is 8.21. The molecule has 2 fully saturated rings. The fourth-order valence-corrected chi connectivity index (χ4v) is 6.34. The highest BCUT2D eigenvalue weighted by atomic mass is 32.2. The van der Waals surface area contributed by atoms with Crippen molar-refractivity contribution in [2.24, 2.45) is 0 Å². The number of carbonyl (C=O) groups excluding carboxylic acids is 1. The maximum absolute atomic E-state index is 13.5.